The van der Waals surface area contributed by atoms with Crippen molar-refractivity contribution in [2.75, 3.05) is 17.7 Å². The molecular formula is C25H23F3N4O3S. The molecule has 188 valence electrons. The van der Waals surface area contributed by atoms with Crippen molar-refractivity contribution in [2.45, 2.75) is 17.5 Å². The molecule has 0 saturated heterocycles. The Morgan fingerprint density at radius 1 is 0.972 bits per heavy atom. The predicted octanol–water partition coefficient (Wildman–Crippen LogP) is 5.70. The van der Waals surface area contributed by atoms with E-state index in [4.69, 9.17) is 5.73 Å². The van der Waals surface area contributed by atoms with Gasteiger partial charge in [0.25, 0.3) is 0 Å². The molecule has 0 bridgehead atoms. The van der Waals surface area contributed by atoms with Crippen LogP contribution >= 0.6 is 12.6 Å². The van der Waals surface area contributed by atoms with Crippen molar-refractivity contribution in [1.29, 1.82) is 0 Å². The van der Waals surface area contributed by atoms with Gasteiger partial charge in [-0.05, 0) is 34.4 Å². The van der Waals surface area contributed by atoms with E-state index in [2.05, 4.69) is 27.5 Å². The summed E-state index contributed by atoms with van der Waals surface area (Å²) in [7, 11) is 1.92. The van der Waals surface area contributed by atoms with E-state index in [0.717, 1.165) is 22.9 Å². The van der Waals surface area contributed by atoms with Crippen LogP contribution < -0.4 is 10.6 Å². The molecule has 4 rings (SSSR count). The highest BCUT2D eigenvalue weighted by Gasteiger charge is 2.35. The molecule has 4 N–H and O–H groups in total. The van der Waals surface area contributed by atoms with Crippen LogP contribution in [0.5, 0.6) is 11.5 Å². The number of alkyl halides is 2. The molecule has 0 fully saturated rings. The summed E-state index contributed by atoms with van der Waals surface area (Å²) in [5, 5.41) is 19.0. The number of aromatic nitrogens is 2. The van der Waals surface area contributed by atoms with Crippen molar-refractivity contribution in [3.8, 4) is 22.8 Å². The van der Waals surface area contributed by atoms with E-state index in [1.54, 1.807) is 18.5 Å². The molecule has 0 aliphatic heterocycles. The van der Waals surface area contributed by atoms with Crippen molar-refractivity contribution < 1.29 is 28.5 Å². The first-order chi connectivity index (χ1) is 17.1. The normalized spacial score (nSPS) is 10.9. The molecule has 7 nitrogen and oxygen atoms in total. The molecule has 0 aliphatic rings. The number of nitrogens with zero attached hydrogens (tertiary/aromatic N) is 3. The summed E-state index contributed by atoms with van der Waals surface area (Å²) in [6, 6.07) is 17.9. The van der Waals surface area contributed by atoms with Crippen LogP contribution in [-0.2, 0) is 17.6 Å². The Kier molecular flexibility index (Phi) is 8.62. The molecule has 0 amide bonds. The largest absolute Gasteiger partial charge is 0.504 e. The zero-order chi connectivity index (χ0) is 26.3. The van der Waals surface area contributed by atoms with Crippen molar-refractivity contribution in [2.24, 2.45) is 0 Å². The second kappa shape index (κ2) is 11.6. The highest BCUT2D eigenvalue weighted by Crippen LogP contribution is 2.33. The number of nitrogen functional groups attached to an aromatic ring is 1. The molecule has 0 atom stereocenters. The third-order valence-electron chi connectivity index (χ3n) is 5.09. The summed E-state index contributed by atoms with van der Waals surface area (Å²) in [5.74, 6) is 0.146. The minimum Gasteiger partial charge on any atom is -0.504 e. The lowest BCUT2D eigenvalue weighted by molar-refractivity contribution is -0.365. The first-order valence-electron chi connectivity index (χ1n) is 10.5. The predicted molar refractivity (Wildman–Crippen MR) is 134 cm³/mol. The summed E-state index contributed by atoms with van der Waals surface area (Å²) >= 11 is 3.72. The van der Waals surface area contributed by atoms with Crippen LogP contribution in [0.2, 0.25) is 0 Å². The van der Waals surface area contributed by atoms with Gasteiger partial charge < -0.3 is 20.8 Å². The number of nitrogens with two attached hydrogens (primary N) is 1. The number of halogens is 3. The average Bonchev–Trinajstić information content (AvgIpc) is 2.87. The molecule has 0 unspecified atom stereocenters. The van der Waals surface area contributed by atoms with Gasteiger partial charge in [-0.15, -0.1) is 17.6 Å². The highest BCUT2D eigenvalue weighted by atomic mass is 32.1. The van der Waals surface area contributed by atoms with Gasteiger partial charge in [-0.25, -0.2) is 4.98 Å². The Morgan fingerprint density at radius 3 is 2.25 bits per heavy atom. The van der Waals surface area contributed by atoms with E-state index in [1.165, 1.54) is 30.3 Å². The zero-order valence-electron chi connectivity index (χ0n) is 19.0. The summed E-state index contributed by atoms with van der Waals surface area (Å²) in [6.45, 7) is 0.653. The lowest BCUT2D eigenvalue weighted by atomic mass is 10.1. The monoisotopic (exact) mass is 516 g/mol. The maximum absolute atomic E-state index is 12.5. The van der Waals surface area contributed by atoms with Gasteiger partial charge in [-0.1, -0.05) is 36.4 Å². The van der Waals surface area contributed by atoms with Gasteiger partial charge in [0.05, 0.1) is 5.56 Å². The Morgan fingerprint density at radius 2 is 1.64 bits per heavy atom. The number of rotatable bonds is 6. The lowest BCUT2D eigenvalue weighted by Gasteiger charge is -2.20. The van der Waals surface area contributed by atoms with Gasteiger partial charge in [0, 0.05) is 48.2 Å². The quantitative estimate of drug-likeness (QED) is 0.193. The summed E-state index contributed by atoms with van der Waals surface area (Å²) in [4.78, 5) is 12.8. The van der Waals surface area contributed by atoms with Crippen LogP contribution in [0, 0.1) is 0 Å². The average molecular weight is 517 g/mol. The van der Waals surface area contributed by atoms with Crippen molar-refractivity contribution >= 4 is 24.1 Å². The summed E-state index contributed by atoms with van der Waals surface area (Å²) < 4.78 is 36.4. The molecule has 1 heterocycles. The molecule has 0 spiro atoms. The van der Waals surface area contributed by atoms with Gasteiger partial charge in [0.1, 0.15) is 11.5 Å². The third-order valence-corrected chi connectivity index (χ3v) is 5.48. The van der Waals surface area contributed by atoms with E-state index < -0.39 is 11.7 Å². The van der Waals surface area contributed by atoms with Gasteiger partial charge in [-0.2, -0.15) is 8.78 Å². The Balaban J connectivity index is 0.000000253. The van der Waals surface area contributed by atoms with E-state index in [0.29, 0.717) is 18.1 Å². The van der Waals surface area contributed by atoms with E-state index >= 15 is 0 Å². The summed E-state index contributed by atoms with van der Waals surface area (Å²) in [6.07, 6.45) is -0.738. The number of phenols is 2. The first-order valence-corrected chi connectivity index (χ1v) is 10.9. The molecular weight excluding hydrogens is 493 g/mol. The minimum absolute atomic E-state index is 0.0137. The van der Waals surface area contributed by atoms with Gasteiger partial charge >= 0.3 is 6.11 Å². The summed E-state index contributed by atoms with van der Waals surface area (Å²) in [5.41, 5.74) is 8.75. The van der Waals surface area contributed by atoms with Crippen molar-refractivity contribution in [3.05, 3.63) is 90.3 Å². The number of hydrogen-bond acceptors (Lipinski definition) is 8. The smallest absolute Gasteiger partial charge is 0.414 e. The SMILES string of the molecule is CN(Cc1ccc(-c2nccnc2N)cc1)c1ccc(O)c(O)c1.FOC(F)(F)c1ccccc1S. The number of thiol groups is 1. The fourth-order valence-electron chi connectivity index (χ4n) is 3.21. The Hall–Kier alpha value is -3.96. The van der Waals surface area contributed by atoms with Crippen LogP contribution in [0.3, 0.4) is 0 Å². The van der Waals surface area contributed by atoms with Crippen LogP contribution in [0.25, 0.3) is 11.3 Å². The van der Waals surface area contributed by atoms with Gasteiger partial charge in [0.15, 0.2) is 11.5 Å². The number of anilines is 2. The fourth-order valence-corrected chi connectivity index (χ4v) is 3.51. The molecule has 0 aliphatic carbocycles. The van der Waals surface area contributed by atoms with Crippen LogP contribution in [0.1, 0.15) is 11.1 Å². The minimum atomic E-state index is -3.92. The first kappa shape index (κ1) is 26.6. The molecule has 1 aromatic heterocycles. The number of aromatic hydroxyl groups is 2. The zero-order valence-corrected chi connectivity index (χ0v) is 19.9. The van der Waals surface area contributed by atoms with Gasteiger partial charge in [-0.3, -0.25) is 4.98 Å². The van der Waals surface area contributed by atoms with Crippen molar-refractivity contribution in [1.82, 2.24) is 9.97 Å². The molecule has 3 aromatic carbocycles. The second-order valence-electron chi connectivity index (χ2n) is 7.63. The number of hydrogen-bond donors (Lipinski definition) is 4. The number of benzene rings is 3. The van der Waals surface area contributed by atoms with Crippen LogP contribution in [0.4, 0.5) is 24.8 Å². The van der Waals surface area contributed by atoms with Gasteiger partial charge in [0.2, 0.25) is 0 Å². The molecule has 4 aromatic rings. The van der Waals surface area contributed by atoms with Crippen molar-refractivity contribution in [3.63, 3.8) is 0 Å². The Labute approximate surface area is 210 Å². The van der Waals surface area contributed by atoms with Crippen LogP contribution in [0.15, 0.2) is 84.0 Å². The molecule has 11 heteroatoms. The molecule has 0 saturated carbocycles. The van der Waals surface area contributed by atoms with E-state index in [9.17, 15) is 23.5 Å². The molecule has 36 heavy (non-hydrogen) atoms. The maximum atomic E-state index is 12.5. The number of phenolic OH excluding ortho intramolecular Hbond substituents is 2. The second-order valence-corrected chi connectivity index (χ2v) is 8.11. The standard InChI is InChI=1S/C18H18N4O2.C7H5F3OS/c1-22(14-6-7-15(23)16(24)10-14)11-12-2-4-13(5-3-12)17-18(19)21-9-8-20-17;8-7(9,11-10)5-3-1-2-4-6(5)12/h2-10,23-24H,11H2,1H3,(H2,19,21);1-4,12H. The fraction of sp³-hybridized carbons (Fsp3) is 0.120. The third kappa shape index (κ3) is 6.58. The highest BCUT2D eigenvalue weighted by molar-refractivity contribution is 7.80. The van der Waals surface area contributed by atoms with E-state index in [1.807, 2.05) is 36.2 Å². The van der Waals surface area contributed by atoms with E-state index in [-0.39, 0.29) is 16.4 Å². The topological polar surface area (TPSA) is 105 Å². The Bertz CT molecular complexity index is 1310. The maximum Gasteiger partial charge on any atom is 0.414 e. The van der Waals surface area contributed by atoms with Crippen LogP contribution in [-0.4, -0.2) is 27.2 Å². The lowest BCUT2D eigenvalue weighted by Crippen LogP contribution is -2.16. The molecule has 0 radical (unpaired) electrons.